The molecular weight excluding hydrogens is 320 g/mol. The zero-order chi connectivity index (χ0) is 18.1. The first kappa shape index (κ1) is 17.1. The van der Waals surface area contributed by atoms with Gasteiger partial charge in [-0.2, -0.15) is 0 Å². The van der Waals surface area contributed by atoms with Crippen molar-refractivity contribution >= 4 is 11.7 Å². The first-order valence-corrected chi connectivity index (χ1v) is 8.29. The Morgan fingerprint density at radius 3 is 2.72 bits per heavy atom. The third kappa shape index (κ3) is 3.26. The van der Waals surface area contributed by atoms with E-state index in [1.54, 1.807) is 7.11 Å². The maximum atomic E-state index is 12.8. The fraction of sp³-hybridized carbons (Fsp3) is 0.444. The average Bonchev–Trinajstić information content (AvgIpc) is 3.03. The lowest BCUT2D eigenvalue weighted by molar-refractivity contribution is -0.137. The minimum Gasteiger partial charge on any atom is -0.497 e. The Bertz CT molecular complexity index is 814. The van der Waals surface area contributed by atoms with E-state index in [1.165, 1.54) is 23.4 Å². The predicted molar refractivity (Wildman–Crippen MR) is 91.4 cm³/mol. The highest BCUT2D eigenvalue weighted by Crippen LogP contribution is 2.34. The SMILES string of the molecule is COc1ccc2c(c1)CC(C)N(C(=O)Cn1cc(C(C)=O)nn1)C2C. The first-order valence-electron chi connectivity index (χ1n) is 8.29. The van der Waals surface area contributed by atoms with Gasteiger partial charge in [-0.1, -0.05) is 11.3 Å². The van der Waals surface area contributed by atoms with Gasteiger partial charge >= 0.3 is 0 Å². The van der Waals surface area contributed by atoms with Gasteiger partial charge in [0.05, 0.1) is 19.3 Å². The van der Waals surface area contributed by atoms with Crippen molar-refractivity contribution in [3.63, 3.8) is 0 Å². The van der Waals surface area contributed by atoms with Crippen LogP contribution in [0, 0.1) is 0 Å². The number of rotatable bonds is 4. The third-order valence-corrected chi connectivity index (χ3v) is 4.69. The molecule has 0 radical (unpaired) electrons. The van der Waals surface area contributed by atoms with E-state index in [-0.39, 0.29) is 36.0 Å². The van der Waals surface area contributed by atoms with Crippen LogP contribution in [0.15, 0.2) is 24.4 Å². The summed E-state index contributed by atoms with van der Waals surface area (Å²) in [6.07, 6.45) is 2.29. The lowest BCUT2D eigenvalue weighted by Gasteiger charge is -2.40. The molecule has 3 rings (SSSR count). The minimum atomic E-state index is -0.165. The van der Waals surface area contributed by atoms with Crippen molar-refractivity contribution in [2.45, 2.75) is 45.8 Å². The Hall–Kier alpha value is -2.70. The highest BCUT2D eigenvalue weighted by molar-refractivity contribution is 5.91. The lowest BCUT2D eigenvalue weighted by Crippen LogP contribution is -2.46. The number of carbonyl (C=O) groups is 2. The molecule has 2 atom stereocenters. The van der Waals surface area contributed by atoms with E-state index in [4.69, 9.17) is 4.74 Å². The number of ketones is 1. The molecule has 25 heavy (non-hydrogen) atoms. The number of hydrogen-bond donors (Lipinski definition) is 0. The third-order valence-electron chi connectivity index (χ3n) is 4.69. The Kier molecular flexibility index (Phi) is 4.57. The van der Waals surface area contributed by atoms with Crippen molar-refractivity contribution in [1.82, 2.24) is 19.9 Å². The number of amides is 1. The van der Waals surface area contributed by atoms with E-state index in [2.05, 4.69) is 10.3 Å². The van der Waals surface area contributed by atoms with Crippen molar-refractivity contribution in [1.29, 1.82) is 0 Å². The number of hydrogen-bond acceptors (Lipinski definition) is 5. The van der Waals surface area contributed by atoms with E-state index in [0.717, 1.165) is 17.7 Å². The fourth-order valence-electron chi connectivity index (χ4n) is 3.46. The standard InChI is InChI=1S/C18H22N4O3/c1-11-7-14-8-15(25-4)5-6-16(14)12(2)22(11)18(24)10-21-9-17(13(3)23)19-20-21/h5-6,8-9,11-12H,7,10H2,1-4H3. The summed E-state index contributed by atoms with van der Waals surface area (Å²) in [5.41, 5.74) is 2.61. The second-order valence-corrected chi connectivity index (χ2v) is 6.45. The van der Waals surface area contributed by atoms with Gasteiger partial charge in [-0.25, -0.2) is 4.68 Å². The zero-order valence-electron chi connectivity index (χ0n) is 14.9. The number of carbonyl (C=O) groups excluding carboxylic acids is 2. The van der Waals surface area contributed by atoms with Crippen LogP contribution in [0.4, 0.5) is 0 Å². The molecule has 1 aromatic carbocycles. The molecule has 1 amide bonds. The number of nitrogens with zero attached hydrogens (tertiary/aromatic N) is 4. The van der Waals surface area contributed by atoms with Crippen LogP contribution >= 0.6 is 0 Å². The largest absolute Gasteiger partial charge is 0.497 e. The summed E-state index contributed by atoms with van der Waals surface area (Å²) < 4.78 is 6.72. The van der Waals surface area contributed by atoms with Crippen LogP contribution in [0.2, 0.25) is 0 Å². The number of methoxy groups -OCH3 is 1. The van der Waals surface area contributed by atoms with E-state index in [9.17, 15) is 9.59 Å². The molecule has 0 N–H and O–H groups in total. The quantitative estimate of drug-likeness (QED) is 0.795. The van der Waals surface area contributed by atoms with Crippen molar-refractivity contribution in [2.75, 3.05) is 7.11 Å². The Labute approximate surface area is 146 Å². The molecular formula is C18H22N4O3. The van der Waals surface area contributed by atoms with Gasteiger partial charge in [-0.15, -0.1) is 5.10 Å². The summed E-state index contributed by atoms with van der Waals surface area (Å²) in [6.45, 7) is 5.57. The highest BCUT2D eigenvalue weighted by Gasteiger charge is 2.33. The Morgan fingerprint density at radius 1 is 1.32 bits per heavy atom. The molecule has 2 aromatic rings. The maximum Gasteiger partial charge on any atom is 0.245 e. The average molecular weight is 342 g/mol. The van der Waals surface area contributed by atoms with Gasteiger partial charge in [0.15, 0.2) is 5.78 Å². The molecule has 2 heterocycles. The second-order valence-electron chi connectivity index (χ2n) is 6.45. The van der Waals surface area contributed by atoms with Crippen LogP contribution in [0.5, 0.6) is 5.75 Å². The van der Waals surface area contributed by atoms with E-state index in [0.29, 0.717) is 0 Å². The maximum absolute atomic E-state index is 12.8. The minimum absolute atomic E-state index is 0.0343. The summed E-state index contributed by atoms with van der Waals surface area (Å²) in [7, 11) is 1.65. The van der Waals surface area contributed by atoms with Crippen LogP contribution in [0.25, 0.3) is 0 Å². The molecule has 7 nitrogen and oxygen atoms in total. The molecule has 0 saturated heterocycles. The van der Waals surface area contributed by atoms with Crippen molar-refractivity contribution in [3.8, 4) is 5.75 Å². The van der Waals surface area contributed by atoms with Gasteiger partial charge in [0.25, 0.3) is 0 Å². The normalized spacial score (nSPS) is 19.4. The van der Waals surface area contributed by atoms with Gasteiger partial charge < -0.3 is 9.64 Å². The molecule has 1 aliphatic heterocycles. The van der Waals surface area contributed by atoms with Gasteiger partial charge in [-0.3, -0.25) is 9.59 Å². The number of benzene rings is 1. The topological polar surface area (TPSA) is 77.3 Å². The monoisotopic (exact) mass is 342 g/mol. The first-order chi connectivity index (χ1) is 11.9. The Balaban J connectivity index is 1.81. The molecule has 1 aromatic heterocycles. The van der Waals surface area contributed by atoms with Gasteiger partial charge in [0.2, 0.25) is 5.91 Å². The van der Waals surface area contributed by atoms with Gasteiger partial charge in [0, 0.05) is 13.0 Å². The summed E-state index contributed by atoms with van der Waals surface area (Å²) in [4.78, 5) is 26.0. The molecule has 0 aliphatic carbocycles. The molecule has 0 bridgehead atoms. The smallest absolute Gasteiger partial charge is 0.245 e. The van der Waals surface area contributed by atoms with Crippen molar-refractivity contribution in [3.05, 3.63) is 41.2 Å². The highest BCUT2D eigenvalue weighted by atomic mass is 16.5. The zero-order valence-corrected chi connectivity index (χ0v) is 14.9. The summed E-state index contributed by atoms with van der Waals surface area (Å²) in [6, 6.07) is 6.02. The van der Waals surface area contributed by atoms with E-state index < -0.39 is 0 Å². The summed E-state index contributed by atoms with van der Waals surface area (Å²) in [5.74, 6) is 0.625. The van der Waals surface area contributed by atoms with E-state index >= 15 is 0 Å². The van der Waals surface area contributed by atoms with Crippen LogP contribution in [0.3, 0.4) is 0 Å². The Morgan fingerprint density at radius 2 is 2.08 bits per heavy atom. The van der Waals surface area contributed by atoms with Gasteiger partial charge in [0.1, 0.15) is 18.0 Å². The molecule has 7 heteroatoms. The number of aromatic nitrogens is 3. The number of Topliss-reactive ketones (excluding diaryl/α,β-unsaturated/α-hetero) is 1. The molecule has 0 saturated carbocycles. The van der Waals surface area contributed by atoms with Crippen LogP contribution in [-0.2, 0) is 17.8 Å². The van der Waals surface area contributed by atoms with Gasteiger partial charge in [-0.05, 0) is 43.5 Å². The van der Waals surface area contributed by atoms with Crippen molar-refractivity contribution < 1.29 is 14.3 Å². The van der Waals surface area contributed by atoms with Crippen LogP contribution < -0.4 is 4.74 Å². The second kappa shape index (κ2) is 6.66. The van der Waals surface area contributed by atoms with E-state index in [1.807, 2.05) is 36.9 Å². The molecule has 1 aliphatic rings. The lowest BCUT2D eigenvalue weighted by atomic mass is 9.89. The number of ether oxygens (including phenoxy) is 1. The molecule has 0 spiro atoms. The summed E-state index contributed by atoms with van der Waals surface area (Å²) >= 11 is 0. The predicted octanol–water partition coefficient (Wildman–Crippen LogP) is 2.02. The summed E-state index contributed by atoms with van der Waals surface area (Å²) in [5, 5.41) is 7.66. The number of fused-ring (bicyclic) bond motifs is 1. The molecule has 0 fully saturated rings. The molecule has 132 valence electrons. The molecule has 2 unspecified atom stereocenters. The fourth-order valence-corrected chi connectivity index (χ4v) is 3.46. The van der Waals surface area contributed by atoms with Crippen LogP contribution in [0.1, 0.15) is 48.4 Å². The van der Waals surface area contributed by atoms with Crippen molar-refractivity contribution in [2.24, 2.45) is 0 Å². The van der Waals surface area contributed by atoms with Crippen LogP contribution in [-0.4, -0.2) is 44.7 Å².